The molecule has 1 rings (SSSR count). The first-order valence-electron chi connectivity index (χ1n) is 4.75. The lowest BCUT2D eigenvalue weighted by Crippen LogP contribution is -2.50. The summed E-state index contributed by atoms with van der Waals surface area (Å²) in [4.78, 5) is 3.84. The quantitative estimate of drug-likeness (QED) is 0.867. The Balaban J connectivity index is 2.62. The van der Waals surface area contributed by atoms with E-state index < -0.39 is 11.7 Å². The summed E-state index contributed by atoms with van der Waals surface area (Å²) >= 11 is 0. The largest absolute Gasteiger partial charge is 0.406 e. The lowest BCUT2D eigenvalue weighted by atomic mass is 9.98. The maximum absolute atomic E-state index is 12.4. The molecule has 0 saturated heterocycles. The lowest BCUT2D eigenvalue weighted by Gasteiger charge is -2.25. The first-order valence-corrected chi connectivity index (χ1v) is 4.75. The summed E-state index contributed by atoms with van der Waals surface area (Å²) in [5, 5.41) is 0. The van der Waals surface area contributed by atoms with Crippen molar-refractivity contribution in [2.75, 3.05) is 0 Å². The number of nitrogens with zero attached hydrogens (tertiary/aromatic N) is 1. The van der Waals surface area contributed by atoms with E-state index in [1.165, 1.54) is 6.08 Å². The van der Waals surface area contributed by atoms with E-state index in [1.807, 2.05) is 0 Å². The molecule has 0 fully saturated rings. The fourth-order valence-electron chi connectivity index (χ4n) is 1.03. The Morgan fingerprint density at radius 2 is 2.12 bits per heavy atom. The molecule has 0 aliphatic heterocycles. The highest BCUT2D eigenvalue weighted by Crippen LogP contribution is 2.30. The predicted molar refractivity (Wildman–Crippen MR) is 56.5 cm³/mol. The molecule has 2 N–H and O–H groups in total. The van der Waals surface area contributed by atoms with Crippen molar-refractivity contribution in [3.63, 3.8) is 0 Å². The van der Waals surface area contributed by atoms with Crippen molar-refractivity contribution in [3.8, 4) is 0 Å². The van der Waals surface area contributed by atoms with Crippen LogP contribution in [0.25, 0.3) is 6.08 Å². The van der Waals surface area contributed by atoms with E-state index in [2.05, 4.69) is 4.98 Å². The fraction of sp³-hybridized carbons (Fsp3) is 0.364. The molecule has 0 spiro atoms. The highest BCUT2D eigenvalue weighted by molar-refractivity contribution is 5.47. The number of nitrogens with two attached hydrogens (primary N) is 1. The van der Waals surface area contributed by atoms with Gasteiger partial charge >= 0.3 is 6.18 Å². The maximum atomic E-state index is 12.4. The van der Waals surface area contributed by atoms with Crippen molar-refractivity contribution < 1.29 is 13.2 Å². The molecule has 1 heterocycles. The first kappa shape index (κ1) is 12.7. The second-order valence-electron chi connectivity index (χ2n) is 3.81. The standard InChI is InChI=1S/C11H13F3N2/c1-10(15,11(12,13)14)6-2-4-9-5-3-7-16-8-9/h2-5,7-8H,6,15H2,1H3/b4-2+. The van der Waals surface area contributed by atoms with Gasteiger partial charge in [0.05, 0.1) is 0 Å². The van der Waals surface area contributed by atoms with Crippen molar-refractivity contribution in [2.45, 2.75) is 25.1 Å². The minimum atomic E-state index is -4.40. The topological polar surface area (TPSA) is 38.9 Å². The molecule has 1 atom stereocenters. The average Bonchev–Trinajstić information content (AvgIpc) is 2.17. The van der Waals surface area contributed by atoms with E-state index in [0.29, 0.717) is 0 Å². The van der Waals surface area contributed by atoms with Crippen molar-refractivity contribution >= 4 is 6.08 Å². The third-order valence-corrected chi connectivity index (χ3v) is 2.18. The summed E-state index contributed by atoms with van der Waals surface area (Å²) in [5.41, 5.74) is 3.73. The van der Waals surface area contributed by atoms with Gasteiger partial charge in [-0.05, 0) is 25.0 Å². The summed E-state index contributed by atoms with van der Waals surface area (Å²) in [7, 11) is 0. The molecular weight excluding hydrogens is 217 g/mol. The van der Waals surface area contributed by atoms with E-state index in [0.717, 1.165) is 12.5 Å². The van der Waals surface area contributed by atoms with E-state index in [-0.39, 0.29) is 6.42 Å². The molecule has 0 amide bonds. The second kappa shape index (κ2) is 4.65. The van der Waals surface area contributed by atoms with Crippen LogP contribution >= 0.6 is 0 Å². The summed E-state index contributed by atoms with van der Waals surface area (Å²) in [6.07, 6.45) is 1.49. The minimum absolute atomic E-state index is 0.259. The number of pyridine rings is 1. The van der Waals surface area contributed by atoms with Crippen LogP contribution in [0.4, 0.5) is 13.2 Å². The van der Waals surface area contributed by atoms with Crippen molar-refractivity contribution in [2.24, 2.45) is 5.73 Å². The molecule has 0 saturated carbocycles. The molecule has 0 aromatic carbocycles. The van der Waals surface area contributed by atoms with E-state index in [1.54, 1.807) is 30.6 Å². The molecule has 5 heteroatoms. The van der Waals surface area contributed by atoms with E-state index in [9.17, 15) is 13.2 Å². The summed E-state index contributed by atoms with van der Waals surface area (Å²) in [5.74, 6) is 0. The van der Waals surface area contributed by atoms with Crippen LogP contribution in [0.5, 0.6) is 0 Å². The van der Waals surface area contributed by atoms with Crippen molar-refractivity contribution in [1.82, 2.24) is 4.98 Å². The Morgan fingerprint density at radius 3 is 2.62 bits per heavy atom. The summed E-state index contributed by atoms with van der Waals surface area (Å²) in [6.45, 7) is 0.973. The predicted octanol–water partition coefficient (Wildman–Crippen LogP) is 2.76. The van der Waals surface area contributed by atoms with Gasteiger partial charge in [0.2, 0.25) is 0 Å². The van der Waals surface area contributed by atoms with Crippen molar-refractivity contribution in [3.05, 3.63) is 36.2 Å². The Labute approximate surface area is 92.0 Å². The smallest absolute Gasteiger partial charge is 0.318 e. The summed E-state index contributed by atoms with van der Waals surface area (Å²) < 4.78 is 37.2. The molecule has 0 radical (unpaired) electrons. The number of alkyl halides is 3. The van der Waals surface area contributed by atoms with Gasteiger partial charge in [0.1, 0.15) is 5.54 Å². The maximum Gasteiger partial charge on any atom is 0.406 e. The van der Waals surface area contributed by atoms with Crippen LogP contribution in [0, 0.1) is 0 Å². The molecule has 2 nitrogen and oxygen atoms in total. The van der Waals surface area contributed by atoms with Gasteiger partial charge in [-0.3, -0.25) is 4.98 Å². The van der Waals surface area contributed by atoms with Crippen LogP contribution in [-0.4, -0.2) is 16.7 Å². The average molecular weight is 230 g/mol. The number of hydrogen-bond donors (Lipinski definition) is 1. The van der Waals surface area contributed by atoms with E-state index >= 15 is 0 Å². The molecule has 0 aliphatic rings. The Morgan fingerprint density at radius 1 is 1.44 bits per heavy atom. The third kappa shape index (κ3) is 3.34. The van der Waals surface area contributed by atoms with Gasteiger partial charge < -0.3 is 5.73 Å². The normalized spacial score (nSPS) is 16.3. The molecule has 0 bridgehead atoms. The number of rotatable bonds is 3. The van der Waals surface area contributed by atoms with Crippen molar-refractivity contribution in [1.29, 1.82) is 0 Å². The second-order valence-corrected chi connectivity index (χ2v) is 3.81. The first-order chi connectivity index (χ1) is 7.33. The number of halogens is 3. The summed E-state index contributed by atoms with van der Waals surface area (Å²) in [6, 6.07) is 3.47. The van der Waals surface area contributed by atoms with Crippen LogP contribution in [0.15, 0.2) is 30.6 Å². The van der Waals surface area contributed by atoms with Gasteiger partial charge in [0.25, 0.3) is 0 Å². The molecule has 0 aliphatic carbocycles. The molecule has 88 valence electrons. The van der Waals surface area contributed by atoms with Gasteiger partial charge in [-0.2, -0.15) is 13.2 Å². The minimum Gasteiger partial charge on any atom is -0.318 e. The molecule has 1 aromatic heterocycles. The molecule has 1 aromatic rings. The molecular formula is C11H13F3N2. The van der Waals surface area contributed by atoms with E-state index in [4.69, 9.17) is 5.73 Å². The third-order valence-electron chi connectivity index (χ3n) is 2.18. The van der Waals surface area contributed by atoms with Gasteiger partial charge in [-0.1, -0.05) is 18.2 Å². The number of hydrogen-bond acceptors (Lipinski definition) is 2. The Hall–Kier alpha value is -1.36. The van der Waals surface area contributed by atoms with Gasteiger partial charge in [-0.15, -0.1) is 0 Å². The van der Waals surface area contributed by atoms with Crippen LogP contribution in [0.1, 0.15) is 18.9 Å². The molecule has 1 unspecified atom stereocenters. The highest BCUT2D eigenvalue weighted by Gasteiger charge is 2.46. The SMILES string of the molecule is CC(N)(C/C=C/c1cccnc1)C(F)(F)F. The van der Waals surface area contributed by atoms with Gasteiger partial charge in [-0.25, -0.2) is 0 Å². The Bertz CT molecular complexity index is 355. The zero-order chi connectivity index (χ0) is 12.2. The number of aromatic nitrogens is 1. The zero-order valence-electron chi connectivity index (χ0n) is 8.83. The van der Waals surface area contributed by atoms with Crippen LogP contribution in [-0.2, 0) is 0 Å². The monoisotopic (exact) mass is 230 g/mol. The van der Waals surface area contributed by atoms with Crippen LogP contribution < -0.4 is 5.73 Å². The molecule has 16 heavy (non-hydrogen) atoms. The fourth-order valence-corrected chi connectivity index (χ4v) is 1.03. The Kier molecular flexibility index (Phi) is 3.70. The highest BCUT2D eigenvalue weighted by atomic mass is 19.4. The zero-order valence-corrected chi connectivity index (χ0v) is 8.83. The van der Waals surface area contributed by atoms with Gasteiger partial charge in [0, 0.05) is 12.4 Å². The lowest BCUT2D eigenvalue weighted by molar-refractivity contribution is -0.179. The van der Waals surface area contributed by atoms with Crippen LogP contribution in [0.3, 0.4) is 0 Å². The van der Waals surface area contributed by atoms with Gasteiger partial charge in [0.15, 0.2) is 0 Å². The van der Waals surface area contributed by atoms with Crippen LogP contribution in [0.2, 0.25) is 0 Å².